The molecule has 0 saturated carbocycles. The molecule has 1 N–H and O–H groups in total. The fraction of sp³-hybridized carbons (Fsp3) is 0.324. The number of amides is 1. The van der Waals surface area contributed by atoms with Crippen LogP contribution in [0.2, 0.25) is 0 Å². The minimum atomic E-state index is -0.569. The number of methoxy groups -OCH3 is 2. The van der Waals surface area contributed by atoms with E-state index in [4.69, 9.17) is 29.0 Å². The fourth-order valence-electron chi connectivity index (χ4n) is 5.86. The Hall–Kier alpha value is -4.52. The van der Waals surface area contributed by atoms with Gasteiger partial charge < -0.3 is 29.2 Å². The van der Waals surface area contributed by atoms with Crippen LogP contribution >= 0.6 is 22.6 Å². The minimum Gasteiger partial charge on any atom is -0.497 e. The predicted octanol–water partition coefficient (Wildman–Crippen LogP) is 8.70. The van der Waals surface area contributed by atoms with Crippen LogP contribution in [0.25, 0.3) is 22.2 Å². The summed E-state index contributed by atoms with van der Waals surface area (Å²) in [7, 11) is 3.29. The monoisotopic (exact) mass is 761 g/mol. The van der Waals surface area contributed by atoms with Gasteiger partial charge in [0.05, 0.1) is 34.7 Å². The number of fused-ring (bicyclic) bond motifs is 1. The molecule has 1 aliphatic rings. The molecule has 11 heteroatoms. The molecule has 48 heavy (non-hydrogen) atoms. The first-order valence-electron chi connectivity index (χ1n) is 16.0. The van der Waals surface area contributed by atoms with Crippen LogP contribution in [0.15, 0.2) is 79.0 Å². The largest absolute Gasteiger partial charge is 0.497 e. The summed E-state index contributed by atoms with van der Waals surface area (Å²) in [5.74, 6) is 3.64. The second-order valence-corrected chi connectivity index (χ2v) is 13.8. The first-order valence-corrected chi connectivity index (χ1v) is 17.0. The standard InChI is InChI=1S/C37H40IN5O5/c1-37(2,3)48-36(44)42-19-9-10-26(23-42)43-34-30(38)22-40-35(39-21-25-15-18-29(45-4)20-31(25)46-5)32(34)33(41-43)24-13-16-28(17-14-24)47-27-11-7-6-8-12-27/h6-8,11-18,20,22,26H,9-10,19,21,23H2,1-5H3,(H,39,40). The molecule has 1 unspecified atom stereocenters. The molecule has 6 rings (SSSR count). The molecule has 3 aromatic carbocycles. The third-order valence-electron chi connectivity index (χ3n) is 8.12. The van der Waals surface area contributed by atoms with E-state index >= 15 is 0 Å². The molecule has 2 aromatic heterocycles. The highest BCUT2D eigenvalue weighted by molar-refractivity contribution is 14.1. The number of aromatic nitrogens is 3. The number of likely N-dealkylation sites (tertiary alicyclic amines) is 1. The van der Waals surface area contributed by atoms with Crippen molar-refractivity contribution in [3.05, 3.63) is 88.1 Å². The Bertz CT molecular complexity index is 1890. The van der Waals surface area contributed by atoms with Crippen molar-refractivity contribution in [3.63, 3.8) is 0 Å². The van der Waals surface area contributed by atoms with E-state index in [2.05, 4.69) is 32.6 Å². The Morgan fingerprint density at radius 3 is 2.42 bits per heavy atom. The lowest BCUT2D eigenvalue weighted by Gasteiger charge is -2.34. The van der Waals surface area contributed by atoms with E-state index in [0.717, 1.165) is 67.1 Å². The highest BCUT2D eigenvalue weighted by atomic mass is 127. The number of anilines is 1. The maximum atomic E-state index is 13.1. The SMILES string of the molecule is COc1ccc(CNc2ncc(I)c3c2c(-c2ccc(Oc4ccccc4)cc2)nn3C2CCCN(C(=O)OC(C)(C)C)C2)c(OC)c1. The number of ether oxygens (including phenoxy) is 4. The number of carbonyl (C=O) groups excluding carboxylic acids is 1. The normalized spacial score (nSPS) is 14.9. The summed E-state index contributed by atoms with van der Waals surface area (Å²) in [4.78, 5) is 19.8. The first-order chi connectivity index (χ1) is 23.1. The minimum absolute atomic E-state index is 0.0475. The number of pyridine rings is 1. The van der Waals surface area contributed by atoms with Gasteiger partial charge in [-0.2, -0.15) is 5.10 Å². The Labute approximate surface area is 294 Å². The van der Waals surface area contributed by atoms with E-state index in [1.54, 1.807) is 19.1 Å². The van der Waals surface area contributed by atoms with E-state index in [1.807, 2.05) is 99.8 Å². The summed E-state index contributed by atoms with van der Waals surface area (Å²) >= 11 is 2.33. The molecule has 1 fully saturated rings. The van der Waals surface area contributed by atoms with Crippen LogP contribution in [0.5, 0.6) is 23.0 Å². The molecule has 1 atom stereocenters. The molecule has 5 aromatic rings. The van der Waals surface area contributed by atoms with Crippen molar-refractivity contribution < 1.29 is 23.7 Å². The highest BCUT2D eigenvalue weighted by Crippen LogP contribution is 2.39. The number of nitrogens with zero attached hydrogens (tertiary/aromatic N) is 4. The van der Waals surface area contributed by atoms with Gasteiger partial charge in [0.25, 0.3) is 0 Å². The third kappa shape index (κ3) is 7.46. The maximum Gasteiger partial charge on any atom is 0.410 e. The van der Waals surface area contributed by atoms with Gasteiger partial charge in [0.15, 0.2) is 0 Å². The molecular weight excluding hydrogens is 721 g/mol. The quantitative estimate of drug-likeness (QED) is 0.149. The van der Waals surface area contributed by atoms with Gasteiger partial charge in [0.1, 0.15) is 40.1 Å². The third-order valence-corrected chi connectivity index (χ3v) is 8.91. The van der Waals surface area contributed by atoms with Gasteiger partial charge in [-0.1, -0.05) is 18.2 Å². The first kappa shape index (κ1) is 33.4. The lowest BCUT2D eigenvalue weighted by molar-refractivity contribution is 0.0169. The lowest BCUT2D eigenvalue weighted by atomic mass is 10.1. The lowest BCUT2D eigenvalue weighted by Crippen LogP contribution is -2.43. The smallest absolute Gasteiger partial charge is 0.410 e. The number of carbonyl (C=O) groups is 1. The van der Waals surface area contributed by atoms with E-state index in [1.165, 1.54) is 0 Å². The van der Waals surface area contributed by atoms with Crippen molar-refractivity contribution in [2.75, 3.05) is 32.6 Å². The van der Waals surface area contributed by atoms with Crippen LogP contribution in [-0.2, 0) is 11.3 Å². The number of nitrogens with one attached hydrogen (secondary N) is 1. The zero-order valence-electron chi connectivity index (χ0n) is 27.8. The zero-order chi connectivity index (χ0) is 33.8. The summed E-state index contributed by atoms with van der Waals surface area (Å²) in [6.07, 6.45) is 3.29. The number of rotatable bonds is 9. The van der Waals surface area contributed by atoms with Crippen LogP contribution in [0.4, 0.5) is 10.6 Å². The van der Waals surface area contributed by atoms with E-state index < -0.39 is 5.60 Å². The molecule has 1 amide bonds. The van der Waals surface area contributed by atoms with Crippen molar-refractivity contribution in [1.82, 2.24) is 19.7 Å². The number of hydrogen-bond acceptors (Lipinski definition) is 8. The highest BCUT2D eigenvalue weighted by Gasteiger charge is 2.31. The average molecular weight is 762 g/mol. The van der Waals surface area contributed by atoms with Crippen molar-refractivity contribution in [1.29, 1.82) is 0 Å². The molecule has 0 bridgehead atoms. The topological polar surface area (TPSA) is 100.0 Å². The van der Waals surface area contributed by atoms with Gasteiger partial charge in [-0.05, 0) is 105 Å². The van der Waals surface area contributed by atoms with Gasteiger partial charge in [0.2, 0.25) is 0 Å². The van der Waals surface area contributed by atoms with Gasteiger partial charge in [-0.15, -0.1) is 0 Å². The Morgan fingerprint density at radius 2 is 1.71 bits per heavy atom. The summed E-state index contributed by atoms with van der Waals surface area (Å²) in [5, 5.41) is 9.74. The van der Waals surface area contributed by atoms with Gasteiger partial charge in [-0.3, -0.25) is 4.68 Å². The maximum absolute atomic E-state index is 13.1. The van der Waals surface area contributed by atoms with E-state index in [9.17, 15) is 4.79 Å². The Morgan fingerprint density at radius 1 is 0.979 bits per heavy atom. The van der Waals surface area contributed by atoms with Gasteiger partial charge >= 0.3 is 6.09 Å². The predicted molar refractivity (Wildman–Crippen MR) is 195 cm³/mol. The van der Waals surface area contributed by atoms with Crippen LogP contribution in [0, 0.1) is 3.57 Å². The zero-order valence-corrected chi connectivity index (χ0v) is 30.0. The fourth-order valence-corrected chi connectivity index (χ4v) is 6.52. The molecule has 10 nitrogen and oxygen atoms in total. The Balaban J connectivity index is 1.40. The second-order valence-electron chi connectivity index (χ2n) is 12.7. The average Bonchev–Trinajstić information content (AvgIpc) is 3.50. The number of halogens is 1. The summed E-state index contributed by atoms with van der Waals surface area (Å²) in [5.41, 5.74) is 3.07. The van der Waals surface area contributed by atoms with Crippen LogP contribution in [0.1, 0.15) is 45.2 Å². The Kier molecular flexibility index (Phi) is 9.95. The van der Waals surface area contributed by atoms with Crippen molar-refractivity contribution >= 4 is 45.4 Å². The van der Waals surface area contributed by atoms with Crippen molar-refractivity contribution in [2.24, 2.45) is 0 Å². The number of para-hydroxylation sites is 1. The summed E-state index contributed by atoms with van der Waals surface area (Å²) in [6.45, 7) is 7.29. The molecule has 3 heterocycles. The molecule has 0 aliphatic carbocycles. The van der Waals surface area contributed by atoms with Crippen molar-refractivity contribution in [2.45, 2.75) is 51.8 Å². The molecule has 0 spiro atoms. The van der Waals surface area contributed by atoms with E-state index in [0.29, 0.717) is 25.5 Å². The van der Waals surface area contributed by atoms with Gasteiger partial charge in [-0.25, -0.2) is 9.78 Å². The number of piperidine rings is 1. The van der Waals surface area contributed by atoms with Crippen LogP contribution in [-0.4, -0.2) is 58.7 Å². The molecule has 250 valence electrons. The van der Waals surface area contributed by atoms with Crippen LogP contribution < -0.4 is 19.5 Å². The number of benzene rings is 3. The van der Waals surface area contributed by atoms with E-state index in [-0.39, 0.29) is 12.1 Å². The molecular formula is C37H40IN5O5. The van der Waals surface area contributed by atoms with Gasteiger partial charge in [0, 0.05) is 43.0 Å². The molecule has 1 saturated heterocycles. The summed E-state index contributed by atoms with van der Waals surface area (Å²) in [6, 6.07) is 23.4. The molecule has 1 aliphatic heterocycles. The van der Waals surface area contributed by atoms with Crippen LogP contribution in [0.3, 0.4) is 0 Å². The molecule has 0 radical (unpaired) electrons. The number of hydrogen-bond donors (Lipinski definition) is 1. The van der Waals surface area contributed by atoms with Crippen molar-refractivity contribution in [3.8, 4) is 34.3 Å². The summed E-state index contributed by atoms with van der Waals surface area (Å²) < 4.78 is 25.9. The second kappa shape index (κ2) is 14.3.